The molecule has 3 heterocycles. The SMILES string of the molecule is COC(=O)C1CC23O[C@@H]2C(=O)CC[C@]3(C)[C@@]23OC2C[C@@]2(C)C(CCC24CCC(=O)O4)C13. The molecule has 31 heavy (non-hydrogen) atoms. The van der Waals surface area contributed by atoms with Gasteiger partial charge in [-0.2, -0.15) is 0 Å². The zero-order chi connectivity index (χ0) is 21.6. The van der Waals surface area contributed by atoms with Gasteiger partial charge in [0.25, 0.3) is 0 Å². The van der Waals surface area contributed by atoms with Gasteiger partial charge in [0.1, 0.15) is 22.9 Å². The molecule has 4 saturated carbocycles. The number of carbonyl (C=O) groups excluding carboxylic acids is 3. The Labute approximate surface area is 181 Å². The Balaban J connectivity index is 1.37. The summed E-state index contributed by atoms with van der Waals surface area (Å²) in [5.41, 5.74) is -2.00. The molecule has 0 radical (unpaired) electrons. The van der Waals surface area contributed by atoms with Crippen LogP contribution in [-0.4, -0.2) is 53.8 Å². The fourth-order valence-electron chi connectivity index (χ4n) is 9.63. The lowest BCUT2D eigenvalue weighted by atomic mass is 9.41. The van der Waals surface area contributed by atoms with Crippen molar-refractivity contribution in [3.8, 4) is 0 Å². The number of hydrogen-bond donors (Lipinski definition) is 0. The summed E-state index contributed by atoms with van der Waals surface area (Å²) in [6.45, 7) is 4.50. The van der Waals surface area contributed by atoms with Crippen molar-refractivity contribution in [3.05, 3.63) is 0 Å². The quantitative estimate of drug-likeness (QED) is 0.465. The molecule has 7 aliphatic rings. The summed E-state index contributed by atoms with van der Waals surface area (Å²) in [7, 11) is 1.44. The summed E-state index contributed by atoms with van der Waals surface area (Å²) in [4.78, 5) is 37.9. The van der Waals surface area contributed by atoms with Gasteiger partial charge in [0.05, 0.1) is 19.1 Å². The van der Waals surface area contributed by atoms with Gasteiger partial charge in [-0.25, -0.2) is 0 Å². The van der Waals surface area contributed by atoms with Crippen LogP contribution in [0.5, 0.6) is 0 Å². The number of fused-ring (bicyclic) bond motifs is 3. The maximum atomic E-state index is 13.2. The zero-order valence-corrected chi connectivity index (χ0v) is 18.4. The van der Waals surface area contributed by atoms with E-state index in [2.05, 4.69) is 13.8 Å². The average molecular weight is 430 g/mol. The molecule has 3 aliphatic heterocycles. The van der Waals surface area contributed by atoms with E-state index in [9.17, 15) is 14.4 Å². The van der Waals surface area contributed by atoms with E-state index < -0.39 is 22.9 Å². The molecule has 0 N–H and O–H groups in total. The van der Waals surface area contributed by atoms with Gasteiger partial charge in [0.15, 0.2) is 5.78 Å². The third kappa shape index (κ3) is 1.77. The van der Waals surface area contributed by atoms with E-state index in [0.29, 0.717) is 19.3 Å². The van der Waals surface area contributed by atoms with E-state index >= 15 is 0 Å². The molecule has 168 valence electrons. The number of ether oxygens (including phenoxy) is 4. The van der Waals surface area contributed by atoms with Crippen LogP contribution in [0.3, 0.4) is 0 Å². The fourth-order valence-corrected chi connectivity index (χ4v) is 9.63. The number of methoxy groups -OCH3 is 1. The Kier molecular flexibility index (Phi) is 3.19. The first-order valence-corrected chi connectivity index (χ1v) is 11.9. The van der Waals surface area contributed by atoms with Crippen molar-refractivity contribution in [1.29, 1.82) is 0 Å². The van der Waals surface area contributed by atoms with Gasteiger partial charge in [-0.05, 0) is 44.4 Å². The van der Waals surface area contributed by atoms with Crippen LogP contribution in [0, 0.1) is 28.6 Å². The van der Waals surface area contributed by atoms with Gasteiger partial charge in [0.2, 0.25) is 0 Å². The average Bonchev–Trinajstić information content (AvgIpc) is 3.59. The smallest absolute Gasteiger partial charge is 0.309 e. The van der Waals surface area contributed by atoms with E-state index in [0.717, 1.165) is 32.1 Å². The Morgan fingerprint density at radius 1 is 1.06 bits per heavy atom. The van der Waals surface area contributed by atoms with Crippen LogP contribution in [0.25, 0.3) is 0 Å². The molecule has 0 bridgehead atoms. The Bertz CT molecular complexity index is 946. The van der Waals surface area contributed by atoms with Crippen molar-refractivity contribution in [1.82, 2.24) is 0 Å². The van der Waals surface area contributed by atoms with E-state index in [1.54, 1.807) is 0 Å². The van der Waals surface area contributed by atoms with E-state index in [1.165, 1.54) is 7.11 Å². The minimum absolute atomic E-state index is 0.000380. The predicted molar refractivity (Wildman–Crippen MR) is 105 cm³/mol. The Hall–Kier alpha value is -1.47. The summed E-state index contributed by atoms with van der Waals surface area (Å²) in [6, 6.07) is 0. The third-order valence-corrected chi connectivity index (χ3v) is 11.2. The number of hydrogen-bond acceptors (Lipinski definition) is 7. The molecule has 0 amide bonds. The maximum absolute atomic E-state index is 13.2. The number of ketones is 1. The summed E-state index contributed by atoms with van der Waals surface area (Å²) in [5.74, 6) is -0.325. The Morgan fingerprint density at radius 3 is 2.58 bits per heavy atom. The van der Waals surface area contributed by atoms with Crippen molar-refractivity contribution in [2.75, 3.05) is 7.11 Å². The first-order valence-electron chi connectivity index (χ1n) is 11.9. The molecule has 7 rings (SSSR count). The summed E-state index contributed by atoms with van der Waals surface area (Å²) in [6.07, 6.45) is 5.22. The molecule has 0 aromatic rings. The van der Waals surface area contributed by atoms with Gasteiger partial charge >= 0.3 is 11.9 Å². The first kappa shape index (κ1) is 19.0. The highest BCUT2D eigenvalue weighted by molar-refractivity contribution is 5.89. The lowest BCUT2D eigenvalue weighted by molar-refractivity contribution is -0.184. The van der Waals surface area contributed by atoms with Crippen molar-refractivity contribution in [3.63, 3.8) is 0 Å². The molecular weight excluding hydrogens is 400 g/mol. The molecule has 7 fully saturated rings. The lowest BCUT2D eigenvalue weighted by Gasteiger charge is -2.59. The first-order chi connectivity index (χ1) is 14.7. The molecule has 3 saturated heterocycles. The van der Waals surface area contributed by atoms with E-state index in [-0.39, 0.29) is 52.4 Å². The highest BCUT2D eigenvalue weighted by atomic mass is 16.6. The van der Waals surface area contributed by atoms with E-state index in [4.69, 9.17) is 18.9 Å². The summed E-state index contributed by atoms with van der Waals surface area (Å²) >= 11 is 0. The molecular formula is C24H30O7. The van der Waals surface area contributed by atoms with Crippen molar-refractivity contribution < 1.29 is 33.3 Å². The molecule has 10 atom stereocenters. The number of rotatable bonds is 1. The zero-order valence-electron chi connectivity index (χ0n) is 18.4. The van der Waals surface area contributed by atoms with Gasteiger partial charge in [-0.1, -0.05) is 13.8 Å². The second-order valence-electron chi connectivity index (χ2n) is 11.7. The molecule has 7 nitrogen and oxygen atoms in total. The van der Waals surface area contributed by atoms with Gasteiger partial charge < -0.3 is 18.9 Å². The van der Waals surface area contributed by atoms with Crippen LogP contribution in [0.4, 0.5) is 0 Å². The number of esters is 2. The second kappa shape index (κ2) is 5.19. The van der Waals surface area contributed by atoms with Crippen LogP contribution in [0.2, 0.25) is 0 Å². The van der Waals surface area contributed by atoms with E-state index in [1.807, 2.05) is 0 Å². The number of carbonyl (C=O) groups is 3. The van der Waals surface area contributed by atoms with Crippen LogP contribution >= 0.6 is 0 Å². The third-order valence-electron chi connectivity index (χ3n) is 11.2. The van der Waals surface area contributed by atoms with Crippen molar-refractivity contribution in [2.24, 2.45) is 28.6 Å². The Morgan fingerprint density at radius 2 is 1.87 bits per heavy atom. The van der Waals surface area contributed by atoms with Gasteiger partial charge in [-0.15, -0.1) is 0 Å². The van der Waals surface area contributed by atoms with Gasteiger partial charge in [-0.3, -0.25) is 14.4 Å². The normalized spacial score (nSPS) is 60.3. The van der Waals surface area contributed by atoms with Crippen LogP contribution in [-0.2, 0) is 33.3 Å². The fraction of sp³-hybridized carbons (Fsp3) is 0.875. The number of epoxide rings is 2. The highest BCUT2D eigenvalue weighted by Gasteiger charge is 2.91. The molecule has 0 aromatic carbocycles. The maximum Gasteiger partial charge on any atom is 0.309 e. The molecule has 4 aliphatic carbocycles. The number of Topliss-reactive ketones (excluding diaryl/α,β-unsaturated/α-hetero) is 1. The minimum Gasteiger partial charge on any atom is -0.469 e. The van der Waals surface area contributed by atoms with Crippen LogP contribution < -0.4 is 0 Å². The second-order valence-corrected chi connectivity index (χ2v) is 11.7. The monoisotopic (exact) mass is 430 g/mol. The highest BCUT2D eigenvalue weighted by Crippen LogP contribution is 2.82. The molecule has 7 heteroatoms. The molecule has 3 spiro atoms. The van der Waals surface area contributed by atoms with Crippen LogP contribution in [0.15, 0.2) is 0 Å². The lowest BCUT2D eigenvalue weighted by Crippen LogP contribution is -2.68. The molecule has 6 unspecified atom stereocenters. The predicted octanol–water partition coefficient (Wildman–Crippen LogP) is 2.34. The van der Waals surface area contributed by atoms with Crippen molar-refractivity contribution in [2.45, 2.75) is 94.2 Å². The van der Waals surface area contributed by atoms with Crippen molar-refractivity contribution >= 4 is 17.7 Å². The topological polar surface area (TPSA) is 94.7 Å². The molecule has 0 aromatic heterocycles. The van der Waals surface area contributed by atoms with Crippen LogP contribution in [0.1, 0.15) is 65.2 Å². The minimum atomic E-state index is -0.601. The largest absolute Gasteiger partial charge is 0.469 e. The van der Waals surface area contributed by atoms with Gasteiger partial charge in [0, 0.05) is 29.6 Å². The summed E-state index contributed by atoms with van der Waals surface area (Å²) < 4.78 is 24.2. The summed E-state index contributed by atoms with van der Waals surface area (Å²) in [5, 5.41) is 0. The standard InChI is InChI=1S/C24H30O7/c1-20-11-15-24(29-15)17(13(20)4-8-22(20)9-6-16(26)30-22)12(19(27)28-3)10-23-18(31-23)14(25)5-7-21(23,24)2/h12-13,15,17-18H,4-11H2,1-3H3/t12?,13?,15?,17?,18-,20+,21+,22?,23?,24-/m1/s1.